The van der Waals surface area contributed by atoms with Crippen molar-refractivity contribution < 1.29 is 40.9 Å². The normalized spacial score (nSPS) is 12.2. The van der Waals surface area contributed by atoms with Gasteiger partial charge in [0, 0.05) is 17.2 Å². The zero-order chi connectivity index (χ0) is 22.3. The lowest BCUT2D eigenvalue weighted by atomic mass is 9.89. The van der Waals surface area contributed by atoms with E-state index in [0.717, 1.165) is 0 Å². The minimum absolute atomic E-state index is 0. The van der Waals surface area contributed by atoms with Crippen LogP contribution < -0.4 is 21.5 Å². The van der Waals surface area contributed by atoms with Crippen LogP contribution in [-0.2, 0) is 13.1 Å². The smallest absolute Gasteiger partial charge is 0.280 e. The third kappa shape index (κ3) is 3.91. The van der Waals surface area contributed by atoms with E-state index in [1.165, 1.54) is 22.8 Å². The Morgan fingerprint density at radius 3 is 2.25 bits per heavy atom. The number of imidazole rings is 1. The number of hydrogen-bond acceptors (Lipinski definition) is 5. The Morgan fingerprint density at radius 1 is 1.03 bits per heavy atom. The van der Waals surface area contributed by atoms with Crippen molar-refractivity contribution in [2.75, 3.05) is 0 Å². The second-order valence-electron chi connectivity index (χ2n) is 7.89. The number of carbonyl (C=O) groups excluding carboxylic acids is 3. The Hall–Kier alpha value is -3.46. The lowest BCUT2D eigenvalue weighted by Crippen LogP contribution is -3.00. The van der Waals surface area contributed by atoms with Gasteiger partial charge >= 0.3 is 0 Å². The zero-order valence-corrected chi connectivity index (χ0v) is 19.0. The highest BCUT2D eigenvalue weighted by atomic mass is 79.9. The van der Waals surface area contributed by atoms with Gasteiger partial charge in [-0.15, -0.1) is 0 Å². The number of ketones is 3. The number of nitro groups is 1. The summed E-state index contributed by atoms with van der Waals surface area (Å²) in [5.41, 5.74) is 0.662. The molecule has 9 heteroatoms. The van der Waals surface area contributed by atoms with Crippen molar-refractivity contribution in [3.8, 4) is 0 Å². The van der Waals surface area contributed by atoms with Gasteiger partial charge in [0.1, 0.15) is 0 Å². The van der Waals surface area contributed by atoms with Crippen LogP contribution in [0.15, 0.2) is 54.9 Å². The molecule has 3 aromatic rings. The van der Waals surface area contributed by atoms with E-state index in [1.807, 2.05) is 13.8 Å². The zero-order valence-electron chi connectivity index (χ0n) is 17.4. The first-order chi connectivity index (χ1) is 14.8. The second kappa shape index (κ2) is 8.96. The van der Waals surface area contributed by atoms with E-state index in [2.05, 4.69) is 0 Å². The summed E-state index contributed by atoms with van der Waals surface area (Å²) in [6.07, 6.45) is 1.58. The molecule has 8 nitrogen and oxygen atoms in total. The average molecular weight is 498 g/mol. The minimum Gasteiger partial charge on any atom is -1.00 e. The number of Topliss-reactive ketones (excluding diaryl/α,β-unsaturated/α-hetero) is 1. The summed E-state index contributed by atoms with van der Waals surface area (Å²) in [6, 6.07) is 12.3. The maximum atomic E-state index is 13.3. The van der Waals surface area contributed by atoms with E-state index >= 15 is 0 Å². The molecule has 0 amide bonds. The van der Waals surface area contributed by atoms with Crippen molar-refractivity contribution in [1.29, 1.82) is 0 Å². The molecule has 32 heavy (non-hydrogen) atoms. The monoisotopic (exact) mass is 497 g/mol. The molecule has 1 heterocycles. The number of halogens is 1. The van der Waals surface area contributed by atoms with Crippen LogP contribution in [0.25, 0.3) is 0 Å². The Morgan fingerprint density at radius 2 is 1.62 bits per heavy atom. The van der Waals surface area contributed by atoms with Gasteiger partial charge in [-0.05, 0) is 12.0 Å². The first-order valence-electron chi connectivity index (χ1n) is 9.87. The van der Waals surface area contributed by atoms with E-state index < -0.39 is 10.7 Å². The highest BCUT2D eigenvalue weighted by Gasteiger charge is 2.41. The molecule has 0 bridgehead atoms. The number of fused-ring (bicyclic) bond motifs is 2. The SMILES string of the molecule is CC(C)Cn1c[n+](CC(=O)c2ccccc2[N+](=O)[O-])c2c1C(=O)c1ccccc1C2=O.[Br-]. The maximum absolute atomic E-state index is 13.3. The molecule has 164 valence electrons. The van der Waals surface area contributed by atoms with Crippen molar-refractivity contribution >= 4 is 23.0 Å². The van der Waals surface area contributed by atoms with Crippen LogP contribution in [-0.4, -0.2) is 26.8 Å². The molecule has 1 aliphatic carbocycles. The largest absolute Gasteiger partial charge is 1.00 e. The molecule has 0 N–H and O–H groups in total. The standard InChI is InChI=1S/C23H20N3O5.BrH/c1-14(2)11-24-13-25(12-19(27)17-9-5-6-10-18(17)26(30)31)21-20(24)22(28)15-7-3-4-8-16(15)23(21)29;/h3-10,13-14H,11-12H2,1-2H3;1H/q+1;/p-1. The first kappa shape index (κ1) is 23.2. The van der Waals surface area contributed by atoms with Gasteiger partial charge in [0.2, 0.25) is 35.1 Å². The van der Waals surface area contributed by atoms with Crippen molar-refractivity contribution in [3.05, 3.63) is 93.1 Å². The van der Waals surface area contributed by atoms with Crippen LogP contribution in [0, 0.1) is 16.0 Å². The van der Waals surface area contributed by atoms with Crippen LogP contribution in [0.1, 0.15) is 56.3 Å². The molecular weight excluding hydrogens is 478 g/mol. The number of benzene rings is 2. The van der Waals surface area contributed by atoms with Crippen LogP contribution in [0.3, 0.4) is 0 Å². The third-order valence-corrected chi connectivity index (χ3v) is 5.20. The van der Waals surface area contributed by atoms with E-state index in [1.54, 1.807) is 41.2 Å². The van der Waals surface area contributed by atoms with Crippen molar-refractivity contribution in [2.45, 2.75) is 26.9 Å². The van der Waals surface area contributed by atoms with Gasteiger partial charge in [0.25, 0.3) is 5.69 Å². The first-order valence-corrected chi connectivity index (χ1v) is 9.87. The summed E-state index contributed by atoms with van der Waals surface area (Å²) in [5.74, 6) is -0.942. The number of carbonyl (C=O) groups is 3. The van der Waals surface area contributed by atoms with E-state index in [4.69, 9.17) is 0 Å². The highest BCUT2D eigenvalue weighted by Crippen LogP contribution is 2.26. The van der Waals surface area contributed by atoms with Gasteiger partial charge < -0.3 is 17.0 Å². The Bertz CT molecular complexity index is 1260. The Kier molecular flexibility index (Phi) is 6.50. The van der Waals surface area contributed by atoms with Crippen molar-refractivity contribution in [3.63, 3.8) is 0 Å². The van der Waals surface area contributed by atoms with Crippen molar-refractivity contribution in [2.24, 2.45) is 5.92 Å². The topological polar surface area (TPSA) is 103 Å². The molecule has 0 aliphatic heterocycles. The van der Waals surface area contributed by atoms with Gasteiger partial charge in [-0.3, -0.25) is 24.5 Å². The molecule has 0 atom stereocenters. The van der Waals surface area contributed by atoms with Crippen LogP contribution in [0.4, 0.5) is 5.69 Å². The number of para-hydroxylation sites is 1. The Balaban J connectivity index is 0.00000289. The van der Waals surface area contributed by atoms with Crippen LogP contribution >= 0.6 is 0 Å². The molecular formula is C23H20BrN3O5. The number of nitrogens with zero attached hydrogens (tertiary/aromatic N) is 3. The quantitative estimate of drug-likeness (QED) is 0.161. The summed E-state index contributed by atoms with van der Waals surface area (Å²) in [7, 11) is 0. The summed E-state index contributed by atoms with van der Waals surface area (Å²) in [5, 5.41) is 11.3. The molecule has 4 rings (SSSR count). The predicted molar refractivity (Wildman–Crippen MR) is 110 cm³/mol. The molecule has 2 aromatic carbocycles. The van der Waals surface area contributed by atoms with Crippen LogP contribution in [0.5, 0.6) is 0 Å². The summed E-state index contributed by atoms with van der Waals surface area (Å²) in [6.45, 7) is 4.16. The number of hydrogen-bond donors (Lipinski definition) is 0. The van der Waals surface area contributed by atoms with E-state index in [0.29, 0.717) is 12.1 Å². The second-order valence-corrected chi connectivity index (χ2v) is 7.89. The molecule has 0 saturated carbocycles. The van der Waals surface area contributed by atoms with Gasteiger partial charge in [-0.2, -0.15) is 0 Å². The summed E-state index contributed by atoms with van der Waals surface area (Å²) >= 11 is 0. The molecule has 0 unspecified atom stereocenters. The van der Waals surface area contributed by atoms with Gasteiger partial charge in [-0.25, -0.2) is 9.13 Å². The molecule has 0 saturated heterocycles. The molecule has 1 aromatic heterocycles. The molecule has 0 radical (unpaired) electrons. The number of rotatable bonds is 6. The lowest BCUT2D eigenvalue weighted by molar-refractivity contribution is -0.684. The summed E-state index contributed by atoms with van der Waals surface area (Å²) < 4.78 is 3.13. The third-order valence-electron chi connectivity index (χ3n) is 5.20. The van der Waals surface area contributed by atoms with Gasteiger partial charge in [-0.1, -0.05) is 50.2 Å². The number of aromatic nitrogens is 2. The van der Waals surface area contributed by atoms with Gasteiger partial charge in [0.05, 0.1) is 17.0 Å². The van der Waals surface area contributed by atoms with Crippen LogP contribution in [0.2, 0.25) is 0 Å². The van der Waals surface area contributed by atoms with Crippen molar-refractivity contribution in [1.82, 2.24) is 4.57 Å². The molecule has 1 aliphatic rings. The predicted octanol–water partition coefficient (Wildman–Crippen LogP) is 0.00210. The lowest BCUT2D eigenvalue weighted by Gasteiger charge is -2.13. The van der Waals surface area contributed by atoms with Gasteiger partial charge in [0.15, 0.2) is 6.54 Å². The summed E-state index contributed by atoms with van der Waals surface area (Å²) in [4.78, 5) is 50.1. The fraction of sp³-hybridized carbons (Fsp3) is 0.217. The highest BCUT2D eigenvalue weighted by molar-refractivity contribution is 6.26. The number of nitro benzene ring substituents is 1. The minimum atomic E-state index is -0.609. The van der Waals surface area contributed by atoms with E-state index in [-0.39, 0.29) is 69.2 Å². The average Bonchev–Trinajstić information content (AvgIpc) is 3.09. The molecule has 0 fully saturated rings. The Labute approximate surface area is 194 Å². The fourth-order valence-corrected chi connectivity index (χ4v) is 3.93. The fourth-order valence-electron chi connectivity index (χ4n) is 3.93. The van der Waals surface area contributed by atoms with E-state index in [9.17, 15) is 24.5 Å². The molecule has 0 spiro atoms. The maximum Gasteiger partial charge on any atom is 0.280 e.